The van der Waals surface area contributed by atoms with E-state index < -0.39 is 0 Å². The molecule has 2 aromatic carbocycles. The van der Waals surface area contributed by atoms with Gasteiger partial charge in [-0.25, -0.2) is 0 Å². The third-order valence-electron chi connectivity index (χ3n) is 3.69. The molecule has 0 unspecified atom stereocenters. The lowest BCUT2D eigenvalue weighted by Gasteiger charge is -2.07. The topological polar surface area (TPSA) is 98.4 Å². The zero-order valence-corrected chi connectivity index (χ0v) is 14.6. The molecular weight excluding hydrogens is 336 g/mol. The number of aromatic nitrogens is 3. The number of anilines is 1. The molecule has 26 heavy (non-hydrogen) atoms. The molecule has 3 rings (SSSR count). The van der Waals surface area contributed by atoms with Crippen molar-refractivity contribution in [2.24, 2.45) is 0 Å². The summed E-state index contributed by atoms with van der Waals surface area (Å²) in [6.45, 7) is 0. The molecule has 2 N–H and O–H groups in total. The van der Waals surface area contributed by atoms with Gasteiger partial charge in [0, 0.05) is 17.2 Å². The maximum atomic E-state index is 12.4. The Hall–Kier alpha value is -3.55. The molecule has 8 nitrogen and oxygen atoms in total. The third-order valence-corrected chi connectivity index (χ3v) is 3.69. The van der Waals surface area contributed by atoms with Gasteiger partial charge < -0.3 is 14.2 Å². The van der Waals surface area contributed by atoms with Gasteiger partial charge in [0.1, 0.15) is 17.2 Å². The van der Waals surface area contributed by atoms with Gasteiger partial charge in [0.15, 0.2) is 5.82 Å². The Kier molecular flexibility index (Phi) is 5.02. The van der Waals surface area contributed by atoms with Crippen LogP contribution in [0.1, 0.15) is 10.4 Å². The van der Waals surface area contributed by atoms with E-state index in [1.807, 2.05) is 24.3 Å². The van der Waals surface area contributed by atoms with Crippen LogP contribution in [0.4, 0.5) is 5.95 Å². The minimum absolute atomic E-state index is 0.169. The standard InChI is InChI=1S/C18H18N4O4/c1-24-13-6-4-11(5-7-13)16-19-18(22-21-16)20-17(23)12-8-14(25-2)10-15(9-12)26-3/h4-10H,1-3H3,(H2,19,20,21,22,23). The molecule has 0 radical (unpaired) electrons. The number of benzene rings is 2. The van der Waals surface area contributed by atoms with Crippen LogP contribution in [0.15, 0.2) is 42.5 Å². The van der Waals surface area contributed by atoms with E-state index in [2.05, 4.69) is 20.5 Å². The van der Waals surface area contributed by atoms with Crippen LogP contribution >= 0.6 is 0 Å². The number of rotatable bonds is 6. The molecule has 1 heterocycles. The van der Waals surface area contributed by atoms with Gasteiger partial charge in [0.25, 0.3) is 5.91 Å². The quantitative estimate of drug-likeness (QED) is 0.706. The lowest BCUT2D eigenvalue weighted by atomic mass is 10.2. The van der Waals surface area contributed by atoms with Gasteiger partial charge in [0.05, 0.1) is 21.3 Å². The summed E-state index contributed by atoms with van der Waals surface area (Å²) < 4.78 is 15.5. The van der Waals surface area contributed by atoms with Crippen LogP contribution in [-0.4, -0.2) is 42.4 Å². The predicted molar refractivity (Wildman–Crippen MR) is 95.9 cm³/mol. The maximum Gasteiger partial charge on any atom is 0.258 e. The summed E-state index contributed by atoms with van der Waals surface area (Å²) in [4.78, 5) is 16.7. The van der Waals surface area contributed by atoms with E-state index in [1.165, 1.54) is 14.2 Å². The first-order chi connectivity index (χ1) is 12.6. The number of carbonyl (C=O) groups excluding carboxylic acids is 1. The molecule has 0 aliphatic heterocycles. The second-order valence-electron chi connectivity index (χ2n) is 5.29. The Morgan fingerprint density at radius 3 is 2.12 bits per heavy atom. The largest absolute Gasteiger partial charge is 0.497 e. The summed E-state index contributed by atoms with van der Waals surface area (Å²) in [6, 6.07) is 12.2. The van der Waals surface area contributed by atoms with Crippen LogP contribution < -0.4 is 19.5 Å². The van der Waals surface area contributed by atoms with Gasteiger partial charge in [-0.3, -0.25) is 15.2 Å². The third kappa shape index (κ3) is 3.75. The minimum atomic E-state index is -0.373. The van der Waals surface area contributed by atoms with Crippen molar-refractivity contribution < 1.29 is 19.0 Å². The number of nitrogens with one attached hydrogen (secondary N) is 2. The number of hydrogen-bond acceptors (Lipinski definition) is 6. The first-order valence-electron chi connectivity index (χ1n) is 7.74. The molecule has 1 aromatic heterocycles. The Morgan fingerprint density at radius 1 is 0.923 bits per heavy atom. The second-order valence-corrected chi connectivity index (χ2v) is 5.29. The Bertz CT molecular complexity index is 884. The maximum absolute atomic E-state index is 12.4. The van der Waals surface area contributed by atoms with Crippen LogP contribution in [0.3, 0.4) is 0 Å². The molecule has 0 saturated carbocycles. The highest BCUT2D eigenvalue weighted by molar-refractivity contribution is 6.04. The molecule has 3 aromatic rings. The fourth-order valence-electron chi connectivity index (χ4n) is 2.31. The predicted octanol–water partition coefficient (Wildman–Crippen LogP) is 2.75. The fraction of sp³-hybridized carbons (Fsp3) is 0.167. The first-order valence-corrected chi connectivity index (χ1v) is 7.74. The van der Waals surface area contributed by atoms with E-state index in [1.54, 1.807) is 25.3 Å². The average molecular weight is 354 g/mol. The number of hydrogen-bond donors (Lipinski definition) is 2. The molecule has 0 fully saturated rings. The number of nitrogens with zero attached hydrogens (tertiary/aromatic N) is 2. The Labute approximate surface area is 150 Å². The average Bonchev–Trinajstić information content (AvgIpc) is 3.15. The van der Waals surface area contributed by atoms with E-state index in [-0.39, 0.29) is 11.9 Å². The molecule has 8 heteroatoms. The summed E-state index contributed by atoms with van der Waals surface area (Å²) in [7, 11) is 4.64. The number of carbonyl (C=O) groups is 1. The zero-order valence-electron chi connectivity index (χ0n) is 14.6. The molecule has 0 atom stereocenters. The normalized spacial score (nSPS) is 10.3. The van der Waals surface area contributed by atoms with Crippen LogP contribution in [0.25, 0.3) is 11.4 Å². The lowest BCUT2D eigenvalue weighted by molar-refractivity contribution is 0.102. The second kappa shape index (κ2) is 7.56. The molecule has 0 aliphatic rings. The van der Waals surface area contributed by atoms with Gasteiger partial charge >= 0.3 is 0 Å². The van der Waals surface area contributed by atoms with Gasteiger partial charge in [-0.2, -0.15) is 4.98 Å². The molecule has 1 amide bonds. The van der Waals surface area contributed by atoms with Crippen LogP contribution in [0.2, 0.25) is 0 Å². The van der Waals surface area contributed by atoms with Crippen molar-refractivity contribution in [3.05, 3.63) is 48.0 Å². The van der Waals surface area contributed by atoms with Crippen molar-refractivity contribution in [2.45, 2.75) is 0 Å². The monoisotopic (exact) mass is 354 g/mol. The summed E-state index contributed by atoms with van der Waals surface area (Å²) in [6.07, 6.45) is 0. The van der Waals surface area contributed by atoms with Crippen LogP contribution in [-0.2, 0) is 0 Å². The summed E-state index contributed by atoms with van der Waals surface area (Å²) in [5, 5.41) is 9.46. The Morgan fingerprint density at radius 2 is 1.54 bits per heavy atom. The summed E-state index contributed by atoms with van der Waals surface area (Å²) in [5.74, 6) is 2.11. The van der Waals surface area contributed by atoms with Crippen molar-refractivity contribution in [2.75, 3.05) is 26.6 Å². The lowest BCUT2D eigenvalue weighted by Crippen LogP contribution is -2.13. The Balaban J connectivity index is 1.77. The fourth-order valence-corrected chi connectivity index (χ4v) is 2.31. The summed E-state index contributed by atoms with van der Waals surface area (Å²) in [5.41, 5.74) is 1.19. The smallest absolute Gasteiger partial charge is 0.258 e. The van der Waals surface area contributed by atoms with Gasteiger partial charge in [-0.05, 0) is 36.4 Å². The number of aromatic amines is 1. The number of methoxy groups -OCH3 is 3. The van der Waals surface area contributed by atoms with E-state index in [9.17, 15) is 4.79 Å². The summed E-state index contributed by atoms with van der Waals surface area (Å²) >= 11 is 0. The van der Waals surface area contributed by atoms with E-state index in [4.69, 9.17) is 14.2 Å². The highest BCUT2D eigenvalue weighted by atomic mass is 16.5. The van der Waals surface area contributed by atoms with Gasteiger partial charge in [0.2, 0.25) is 5.95 Å². The number of H-pyrrole nitrogens is 1. The SMILES string of the molecule is COc1ccc(-c2nc(NC(=O)c3cc(OC)cc(OC)c3)n[nH]2)cc1. The van der Waals surface area contributed by atoms with E-state index >= 15 is 0 Å². The molecule has 0 saturated heterocycles. The molecule has 0 aliphatic carbocycles. The van der Waals surface area contributed by atoms with Crippen LogP contribution in [0.5, 0.6) is 17.2 Å². The molecule has 0 bridgehead atoms. The van der Waals surface area contributed by atoms with E-state index in [0.29, 0.717) is 22.9 Å². The highest BCUT2D eigenvalue weighted by Crippen LogP contribution is 2.23. The van der Waals surface area contributed by atoms with Gasteiger partial charge in [-0.15, -0.1) is 5.10 Å². The molecule has 134 valence electrons. The van der Waals surface area contributed by atoms with E-state index in [0.717, 1.165) is 11.3 Å². The number of amides is 1. The molecular formula is C18H18N4O4. The van der Waals surface area contributed by atoms with Gasteiger partial charge in [-0.1, -0.05) is 0 Å². The van der Waals surface area contributed by atoms with Crippen molar-refractivity contribution in [3.63, 3.8) is 0 Å². The van der Waals surface area contributed by atoms with Crippen molar-refractivity contribution >= 4 is 11.9 Å². The zero-order chi connectivity index (χ0) is 18.5. The minimum Gasteiger partial charge on any atom is -0.497 e. The van der Waals surface area contributed by atoms with Crippen LogP contribution in [0, 0.1) is 0 Å². The highest BCUT2D eigenvalue weighted by Gasteiger charge is 2.13. The molecule has 0 spiro atoms. The van der Waals surface area contributed by atoms with Crippen molar-refractivity contribution in [1.29, 1.82) is 0 Å². The first kappa shape index (κ1) is 17.3. The van der Waals surface area contributed by atoms with Crippen molar-refractivity contribution in [1.82, 2.24) is 15.2 Å². The van der Waals surface area contributed by atoms with Crippen molar-refractivity contribution in [3.8, 4) is 28.6 Å². The number of ether oxygens (including phenoxy) is 3.